The summed E-state index contributed by atoms with van der Waals surface area (Å²) in [4.78, 5) is 11.9. The van der Waals surface area contributed by atoms with Gasteiger partial charge in [0.15, 0.2) is 0 Å². The van der Waals surface area contributed by atoms with Crippen molar-refractivity contribution in [3.05, 3.63) is 11.3 Å². The number of rotatable bonds is 1. The lowest BCUT2D eigenvalue weighted by atomic mass is 9.82. The number of carbonyl (C=O) groups is 1. The van der Waals surface area contributed by atoms with E-state index in [2.05, 4.69) is 25.3 Å². The summed E-state index contributed by atoms with van der Waals surface area (Å²) in [5.41, 5.74) is 3.07. The van der Waals surface area contributed by atoms with Crippen molar-refractivity contribution in [3.8, 4) is 0 Å². The third-order valence-corrected chi connectivity index (χ3v) is 4.67. The van der Waals surface area contributed by atoms with Crippen LogP contribution in [-0.2, 0) is 9.53 Å². The van der Waals surface area contributed by atoms with E-state index in [1.807, 2.05) is 0 Å². The molecule has 1 spiro atoms. The summed E-state index contributed by atoms with van der Waals surface area (Å²) >= 11 is 0. The molecule has 0 N–H and O–H groups in total. The number of hydrogen-bond donors (Lipinski definition) is 0. The Bertz CT molecular complexity index is 319. The van der Waals surface area contributed by atoms with Crippen LogP contribution in [0.3, 0.4) is 0 Å². The molecule has 16 heavy (non-hydrogen) atoms. The van der Waals surface area contributed by atoms with E-state index in [9.17, 15) is 4.79 Å². The zero-order valence-corrected chi connectivity index (χ0v) is 11.6. The van der Waals surface area contributed by atoms with Crippen LogP contribution in [0.2, 0.25) is 19.6 Å². The van der Waals surface area contributed by atoms with Crippen LogP contribution in [0.25, 0.3) is 0 Å². The highest BCUT2D eigenvalue weighted by atomic mass is 28.3. The molecule has 0 atom stereocenters. The fourth-order valence-electron chi connectivity index (χ4n) is 2.83. The lowest BCUT2D eigenvalue weighted by Gasteiger charge is -2.31. The third-order valence-electron chi connectivity index (χ3n) is 3.46. The second-order valence-electron chi connectivity index (χ2n) is 6.35. The van der Waals surface area contributed by atoms with E-state index < -0.39 is 8.07 Å². The SMILES string of the molecule is C[Si](C)(C)/C=C1\CC2(CCCCC2)OC1=O. The van der Waals surface area contributed by atoms with E-state index >= 15 is 0 Å². The van der Waals surface area contributed by atoms with Crippen LogP contribution in [0, 0.1) is 0 Å². The lowest BCUT2D eigenvalue weighted by Crippen LogP contribution is -2.30. The summed E-state index contributed by atoms with van der Waals surface area (Å²) < 4.78 is 5.66. The van der Waals surface area contributed by atoms with Crippen molar-refractivity contribution >= 4 is 14.0 Å². The first-order chi connectivity index (χ1) is 7.40. The van der Waals surface area contributed by atoms with E-state index in [1.165, 1.54) is 19.3 Å². The van der Waals surface area contributed by atoms with Crippen molar-refractivity contribution in [2.45, 2.75) is 63.8 Å². The molecule has 2 fully saturated rings. The molecule has 2 rings (SSSR count). The van der Waals surface area contributed by atoms with Gasteiger partial charge in [-0.15, -0.1) is 0 Å². The maximum absolute atomic E-state index is 11.9. The predicted octanol–water partition coefficient (Wildman–Crippen LogP) is 3.44. The Balaban J connectivity index is 2.15. The average molecular weight is 238 g/mol. The van der Waals surface area contributed by atoms with Crippen LogP contribution in [0.1, 0.15) is 38.5 Å². The van der Waals surface area contributed by atoms with Gasteiger partial charge in [0.25, 0.3) is 0 Å². The second-order valence-corrected chi connectivity index (χ2v) is 11.4. The maximum atomic E-state index is 11.9. The van der Waals surface area contributed by atoms with Crippen molar-refractivity contribution in [2.24, 2.45) is 0 Å². The normalized spacial score (nSPS) is 27.4. The van der Waals surface area contributed by atoms with E-state index in [1.54, 1.807) is 0 Å². The Morgan fingerprint density at radius 3 is 2.38 bits per heavy atom. The van der Waals surface area contributed by atoms with Gasteiger partial charge in [-0.2, -0.15) is 0 Å². The van der Waals surface area contributed by atoms with E-state index in [4.69, 9.17) is 4.74 Å². The molecule has 1 saturated carbocycles. The van der Waals surface area contributed by atoms with E-state index in [-0.39, 0.29) is 11.6 Å². The van der Waals surface area contributed by atoms with E-state index in [0.29, 0.717) is 0 Å². The third kappa shape index (κ3) is 2.57. The Kier molecular flexibility index (Phi) is 2.99. The molecule has 1 aliphatic carbocycles. The number of esters is 1. The van der Waals surface area contributed by atoms with E-state index in [0.717, 1.165) is 24.8 Å². The van der Waals surface area contributed by atoms with Crippen LogP contribution < -0.4 is 0 Å². The Morgan fingerprint density at radius 2 is 1.81 bits per heavy atom. The van der Waals surface area contributed by atoms with Crippen LogP contribution in [0.15, 0.2) is 11.3 Å². The van der Waals surface area contributed by atoms with Crippen molar-refractivity contribution in [2.75, 3.05) is 0 Å². The summed E-state index contributed by atoms with van der Waals surface area (Å²) in [7, 11) is -1.31. The van der Waals surface area contributed by atoms with Gasteiger partial charge in [0.1, 0.15) is 5.60 Å². The van der Waals surface area contributed by atoms with Gasteiger partial charge in [0, 0.05) is 12.0 Å². The monoisotopic (exact) mass is 238 g/mol. The molecule has 1 aliphatic heterocycles. The zero-order chi connectivity index (χ0) is 11.8. The summed E-state index contributed by atoms with van der Waals surface area (Å²) in [6.45, 7) is 6.79. The highest BCUT2D eigenvalue weighted by Crippen LogP contribution is 2.42. The van der Waals surface area contributed by atoms with Crippen LogP contribution in [0.4, 0.5) is 0 Å². The molecule has 2 nitrogen and oxygen atoms in total. The van der Waals surface area contributed by atoms with Gasteiger partial charge >= 0.3 is 5.97 Å². The first kappa shape index (κ1) is 11.9. The summed E-state index contributed by atoms with van der Waals surface area (Å²) in [6.07, 6.45) is 6.74. The quantitative estimate of drug-likeness (QED) is 0.397. The van der Waals surface area contributed by atoms with Gasteiger partial charge in [-0.05, 0) is 25.7 Å². The number of hydrogen-bond acceptors (Lipinski definition) is 2. The van der Waals surface area contributed by atoms with Crippen molar-refractivity contribution in [1.29, 1.82) is 0 Å². The smallest absolute Gasteiger partial charge is 0.334 e. The van der Waals surface area contributed by atoms with Crippen molar-refractivity contribution in [3.63, 3.8) is 0 Å². The summed E-state index contributed by atoms with van der Waals surface area (Å²) in [5, 5.41) is 0. The van der Waals surface area contributed by atoms with Crippen molar-refractivity contribution in [1.82, 2.24) is 0 Å². The fourth-order valence-corrected chi connectivity index (χ4v) is 4.09. The number of ether oxygens (including phenoxy) is 1. The molecule has 3 heteroatoms. The molecule has 90 valence electrons. The standard InChI is InChI=1S/C13H22O2Si/c1-16(2,3)10-11-9-13(15-12(11)14)7-5-4-6-8-13/h10H,4-9H2,1-3H3/b11-10+. The molecule has 0 radical (unpaired) electrons. The molecule has 0 amide bonds. The zero-order valence-electron chi connectivity index (χ0n) is 10.6. The predicted molar refractivity (Wildman–Crippen MR) is 68.0 cm³/mol. The van der Waals surface area contributed by atoms with Gasteiger partial charge < -0.3 is 4.74 Å². The van der Waals surface area contributed by atoms with Gasteiger partial charge in [0.2, 0.25) is 0 Å². The molecule has 1 heterocycles. The molecular weight excluding hydrogens is 216 g/mol. The molecule has 0 aromatic rings. The highest BCUT2D eigenvalue weighted by Gasteiger charge is 2.44. The highest BCUT2D eigenvalue weighted by molar-refractivity contribution is 6.81. The minimum absolute atomic E-state index is 0.0377. The largest absolute Gasteiger partial charge is 0.455 e. The molecule has 1 saturated heterocycles. The molecule has 2 aliphatic rings. The first-order valence-corrected chi connectivity index (χ1v) is 9.93. The minimum atomic E-state index is -1.31. The van der Waals surface area contributed by atoms with Crippen LogP contribution >= 0.6 is 0 Å². The molecule has 0 aromatic heterocycles. The molecule has 0 aromatic carbocycles. The Morgan fingerprint density at radius 1 is 1.19 bits per heavy atom. The van der Waals surface area contributed by atoms with Gasteiger partial charge in [-0.3, -0.25) is 0 Å². The van der Waals surface area contributed by atoms with Gasteiger partial charge in [-0.25, -0.2) is 4.79 Å². The second kappa shape index (κ2) is 4.02. The number of carbonyl (C=O) groups excluding carboxylic acids is 1. The Hall–Kier alpha value is -0.573. The van der Waals surface area contributed by atoms with Crippen molar-refractivity contribution < 1.29 is 9.53 Å². The Labute approximate surface area is 99.1 Å². The molecule has 0 unspecified atom stereocenters. The fraction of sp³-hybridized carbons (Fsp3) is 0.769. The topological polar surface area (TPSA) is 26.3 Å². The van der Waals surface area contributed by atoms with Gasteiger partial charge in [-0.1, -0.05) is 31.8 Å². The lowest BCUT2D eigenvalue weighted by molar-refractivity contribution is -0.148. The maximum Gasteiger partial charge on any atom is 0.334 e. The summed E-state index contributed by atoms with van der Waals surface area (Å²) in [6, 6.07) is 0. The minimum Gasteiger partial charge on any atom is -0.455 e. The first-order valence-electron chi connectivity index (χ1n) is 6.35. The average Bonchev–Trinajstić information content (AvgIpc) is 2.41. The van der Waals surface area contributed by atoms with Gasteiger partial charge in [0.05, 0.1) is 8.07 Å². The summed E-state index contributed by atoms with van der Waals surface area (Å²) in [5.74, 6) is -0.0377. The van der Waals surface area contributed by atoms with Crippen LogP contribution in [0.5, 0.6) is 0 Å². The molecule has 0 bridgehead atoms. The van der Waals surface area contributed by atoms with Crippen LogP contribution in [-0.4, -0.2) is 19.6 Å². The molecular formula is C13H22O2Si.